The summed E-state index contributed by atoms with van der Waals surface area (Å²) in [6.45, 7) is 3.52. The summed E-state index contributed by atoms with van der Waals surface area (Å²) in [5.41, 5.74) is 1.68. The van der Waals surface area contributed by atoms with Crippen LogP contribution in [0.2, 0.25) is 0 Å². The lowest BCUT2D eigenvalue weighted by Gasteiger charge is -2.26. The smallest absolute Gasteiger partial charge is 0.170 e. The minimum Gasteiger partial charge on any atom is -0.303 e. The molecule has 1 aliphatic rings. The molecule has 4 heteroatoms. The molecule has 16 heavy (non-hydrogen) atoms. The second-order valence-corrected chi connectivity index (χ2v) is 4.45. The number of aldehydes is 1. The fourth-order valence-electron chi connectivity index (χ4n) is 2.28. The van der Waals surface area contributed by atoms with Gasteiger partial charge in [-0.1, -0.05) is 6.42 Å². The number of nitrogens with zero attached hydrogens (tertiary/aromatic N) is 3. The summed E-state index contributed by atoms with van der Waals surface area (Å²) >= 11 is 0. The Balaban J connectivity index is 1.88. The van der Waals surface area contributed by atoms with E-state index in [0.29, 0.717) is 5.69 Å². The van der Waals surface area contributed by atoms with Crippen LogP contribution in [0.5, 0.6) is 0 Å². The van der Waals surface area contributed by atoms with Crippen LogP contribution in [0.4, 0.5) is 0 Å². The van der Waals surface area contributed by atoms with Crippen molar-refractivity contribution in [1.82, 2.24) is 14.7 Å². The molecule has 0 atom stereocenters. The van der Waals surface area contributed by atoms with E-state index in [9.17, 15) is 4.79 Å². The highest BCUT2D eigenvalue weighted by Crippen LogP contribution is 2.10. The van der Waals surface area contributed by atoms with Gasteiger partial charge in [-0.15, -0.1) is 0 Å². The molecule has 0 aliphatic carbocycles. The highest BCUT2D eigenvalue weighted by atomic mass is 16.1. The monoisotopic (exact) mass is 221 g/mol. The van der Waals surface area contributed by atoms with Gasteiger partial charge in [-0.3, -0.25) is 9.48 Å². The van der Waals surface area contributed by atoms with Crippen molar-refractivity contribution in [2.45, 2.75) is 25.7 Å². The second kappa shape index (κ2) is 5.25. The topological polar surface area (TPSA) is 38.1 Å². The first-order chi connectivity index (χ1) is 7.79. The summed E-state index contributed by atoms with van der Waals surface area (Å²) < 4.78 is 1.81. The molecule has 88 valence electrons. The molecule has 0 saturated carbocycles. The van der Waals surface area contributed by atoms with Crippen LogP contribution in [0.15, 0.2) is 6.07 Å². The van der Waals surface area contributed by atoms with E-state index < -0.39 is 0 Å². The van der Waals surface area contributed by atoms with Crippen LogP contribution in [0.3, 0.4) is 0 Å². The maximum absolute atomic E-state index is 10.6. The fourth-order valence-corrected chi connectivity index (χ4v) is 2.28. The van der Waals surface area contributed by atoms with E-state index >= 15 is 0 Å². The number of piperidine rings is 1. The van der Waals surface area contributed by atoms with Gasteiger partial charge >= 0.3 is 0 Å². The Morgan fingerprint density at radius 3 is 2.75 bits per heavy atom. The second-order valence-electron chi connectivity index (χ2n) is 4.45. The molecule has 0 aromatic carbocycles. The SMILES string of the molecule is Cn1nc(C=O)cc1CCN1CCCCC1. The Labute approximate surface area is 96.2 Å². The maximum atomic E-state index is 10.6. The predicted octanol–water partition coefficient (Wildman–Crippen LogP) is 1.26. The van der Waals surface area contributed by atoms with Gasteiger partial charge in [-0.2, -0.15) is 5.10 Å². The molecule has 4 nitrogen and oxygen atoms in total. The molecule has 0 N–H and O–H groups in total. The van der Waals surface area contributed by atoms with Gasteiger partial charge < -0.3 is 4.90 Å². The predicted molar refractivity (Wildman–Crippen MR) is 62.6 cm³/mol. The molecule has 1 fully saturated rings. The summed E-state index contributed by atoms with van der Waals surface area (Å²) in [5.74, 6) is 0. The lowest BCUT2D eigenvalue weighted by Crippen LogP contribution is -2.31. The molecule has 1 aromatic heterocycles. The summed E-state index contributed by atoms with van der Waals surface area (Å²) in [7, 11) is 1.90. The lowest BCUT2D eigenvalue weighted by molar-refractivity contribution is 0.111. The number of rotatable bonds is 4. The van der Waals surface area contributed by atoms with Gasteiger partial charge in [0.2, 0.25) is 0 Å². The minimum absolute atomic E-state index is 0.538. The van der Waals surface area contributed by atoms with Crippen molar-refractivity contribution in [3.63, 3.8) is 0 Å². The van der Waals surface area contributed by atoms with E-state index in [1.165, 1.54) is 32.4 Å². The number of hydrogen-bond donors (Lipinski definition) is 0. The van der Waals surface area contributed by atoms with E-state index in [2.05, 4.69) is 10.00 Å². The Hall–Kier alpha value is -1.16. The molecule has 1 saturated heterocycles. The fraction of sp³-hybridized carbons (Fsp3) is 0.667. The third-order valence-electron chi connectivity index (χ3n) is 3.25. The van der Waals surface area contributed by atoms with E-state index in [0.717, 1.165) is 24.9 Å². The zero-order valence-corrected chi connectivity index (χ0v) is 9.85. The minimum atomic E-state index is 0.538. The summed E-state index contributed by atoms with van der Waals surface area (Å²) in [5, 5.41) is 4.12. The molecule has 0 bridgehead atoms. The highest BCUT2D eigenvalue weighted by molar-refractivity contribution is 5.71. The molecule has 1 aliphatic heterocycles. The largest absolute Gasteiger partial charge is 0.303 e. The van der Waals surface area contributed by atoms with Crippen LogP contribution in [-0.4, -0.2) is 40.6 Å². The molecule has 0 spiro atoms. The maximum Gasteiger partial charge on any atom is 0.170 e. The molecular formula is C12H19N3O. The normalized spacial score (nSPS) is 17.6. The van der Waals surface area contributed by atoms with E-state index in [-0.39, 0.29) is 0 Å². The zero-order chi connectivity index (χ0) is 11.4. The highest BCUT2D eigenvalue weighted by Gasteiger charge is 2.11. The Bertz CT molecular complexity index is 353. The lowest BCUT2D eigenvalue weighted by atomic mass is 10.1. The first-order valence-corrected chi connectivity index (χ1v) is 6.00. The van der Waals surface area contributed by atoms with Gasteiger partial charge in [0.1, 0.15) is 5.69 Å². The van der Waals surface area contributed by atoms with Crippen molar-refractivity contribution in [3.8, 4) is 0 Å². The Morgan fingerprint density at radius 2 is 2.12 bits per heavy atom. The van der Waals surface area contributed by atoms with Gasteiger partial charge in [-0.25, -0.2) is 0 Å². The Kier molecular flexibility index (Phi) is 3.72. The van der Waals surface area contributed by atoms with Crippen LogP contribution in [-0.2, 0) is 13.5 Å². The molecule has 0 amide bonds. The summed E-state index contributed by atoms with van der Waals surface area (Å²) in [6.07, 6.45) is 5.81. The molecule has 1 aromatic rings. The number of carbonyl (C=O) groups is 1. The van der Waals surface area contributed by atoms with Crippen molar-refractivity contribution < 1.29 is 4.79 Å². The molecular weight excluding hydrogens is 202 g/mol. The van der Waals surface area contributed by atoms with E-state index in [1.54, 1.807) is 0 Å². The van der Waals surface area contributed by atoms with Crippen LogP contribution >= 0.6 is 0 Å². The van der Waals surface area contributed by atoms with Gasteiger partial charge in [-0.05, 0) is 32.0 Å². The van der Waals surface area contributed by atoms with Crippen molar-refractivity contribution in [2.75, 3.05) is 19.6 Å². The number of likely N-dealkylation sites (tertiary alicyclic amines) is 1. The first-order valence-electron chi connectivity index (χ1n) is 6.00. The van der Waals surface area contributed by atoms with E-state index in [1.807, 2.05) is 17.8 Å². The first kappa shape index (κ1) is 11.3. The van der Waals surface area contributed by atoms with Crippen molar-refractivity contribution in [3.05, 3.63) is 17.5 Å². The number of carbonyl (C=O) groups excluding carboxylic acids is 1. The van der Waals surface area contributed by atoms with Crippen LogP contribution in [0.1, 0.15) is 35.4 Å². The summed E-state index contributed by atoms with van der Waals surface area (Å²) in [6, 6.07) is 1.89. The number of aromatic nitrogens is 2. The van der Waals surface area contributed by atoms with Gasteiger partial charge in [0.15, 0.2) is 6.29 Å². The molecule has 0 radical (unpaired) electrons. The quantitative estimate of drug-likeness (QED) is 0.718. The van der Waals surface area contributed by atoms with Crippen LogP contribution in [0, 0.1) is 0 Å². The van der Waals surface area contributed by atoms with Crippen LogP contribution < -0.4 is 0 Å². The van der Waals surface area contributed by atoms with E-state index in [4.69, 9.17) is 0 Å². The third-order valence-corrected chi connectivity index (χ3v) is 3.25. The third kappa shape index (κ3) is 2.70. The average Bonchev–Trinajstić information content (AvgIpc) is 2.69. The zero-order valence-electron chi connectivity index (χ0n) is 9.85. The van der Waals surface area contributed by atoms with Crippen molar-refractivity contribution in [1.29, 1.82) is 0 Å². The number of aryl methyl sites for hydroxylation is 1. The molecule has 2 rings (SSSR count). The van der Waals surface area contributed by atoms with Crippen LogP contribution in [0.25, 0.3) is 0 Å². The molecule has 0 unspecified atom stereocenters. The van der Waals surface area contributed by atoms with Gasteiger partial charge in [0.25, 0.3) is 0 Å². The summed E-state index contributed by atoms with van der Waals surface area (Å²) in [4.78, 5) is 13.1. The Morgan fingerprint density at radius 1 is 1.38 bits per heavy atom. The molecule has 2 heterocycles. The standard InChI is InChI=1S/C12H19N3O/c1-14-12(9-11(10-16)13-14)5-8-15-6-3-2-4-7-15/h9-10H,2-8H2,1H3. The van der Waals surface area contributed by atoms with Gasteiger partial charge in [0, 0.05) is 25.7 Å². The van der Waals surface area contributed by atoms with Crippen molar-refractivity contribution in [2.24, 2.45) is 7.05 Å². The number of hydrogen-bond acceptors (Lipinski definition) is 3. The van der Waals surface area contributed by atoms with Gasteiger partial charge in [0.05, 0.1) is 0 Å². The van der Waals surface area contributed by atoms with Crippen molar-refractivity contribution >= 4 is 6.29 Å². The average molecular weight is 221 g/mol.